The first-order valence-electron chi connectivity index (χ1n) is 19.8. The zero-order valence-corrected chi connectivity index (χ0v) is 33.9. The summed E-state index contributed by atoms with van der Waals surface area (Å²) in [6, 6.07) is 0.410. The first kappa shape index (κ1) is 41.0. The smallest absolute Gasteiger partial charge is 0.259 e. The van der Waals surface area contributed by atoms with E-state index in [2.05, 4.69) is 92.6 Å². The highest BCUT2D eigenvalue weighted by Crippen LogP contribution is 2.48. The predicted octanol–water partition coefficient (Wildman–Crippen LogP) is 12.2. The first-order valence-corrected chi connectivity index (χ1v) is 20.2. The van der Waals surface area contributed by atoms with Crippen LogP contribution in [-0.2, 0) is 15.5 Å². The average Bonchev–Trinajstić information content (AvgIpc) is 3.02. The molecule has 1 aliphatic heterocycles. The summed E-state index contributed by atoms with van der Waals surface area (Å²) in [5, 5.41) is 0. The molecule has 0 saturated heterocycles. The molecule has 0 saturated carbocycles. The summed E-state index contributed by atoms with van der Waals surface area (Å²) in [6.07, 6.45) is 13.3. The van der Waals surface area contributed by atoms with Crippen LogP contribution >= 0.6 is 8.53 Å². The van der Waals surface area contributed by atoms with Gasteiger partial charge in [-0.2, -0.15) is 0 Å². The molecule has 1 aromatic rings. The van der Waals surface area contributed by atoms with Crippen molar-refractivity contribution in [3.05, 3.63) is 33.7 Å². The molecular weight excluding hydrogens is 615 g/mol. The molecule has 48 heavy (non-hydrogen) atoms. The quantitative estimate of drug-likeness (QED) is 0.0650. The van der Waals surface area contributed by atoms with Gasteiger partial charge in [0.25, 0.3) is 8.53 Å². The van der Waals surface area contributed by atoms with Crippen molar-refractivity contribution < 1.29 is 19.9 Å². The molecule has 0 radical (unpaired) electrons. The van der Waals surface area contributed by atoms with Crippen LogP contribution in [0, 0.1) is 45.1 Å². The fraction of sp³-hybridized carbons (Fsp3) is 0.829. The van der Waals surface area contributed by atoms with E-state index in [1.54, 1.807) is 0 Å². The molecular formula is C41H73N2O4P. The van der Waals surface area contributed by atoms with E-state index >= 15 is 0 Å². The van der Waals surface area contributed by atoms with Crippen LogP contribution in [0.3, 0.4) is 0 Å². The van der Waals surface area contributed by atoms with Crippen LogP contribution in [-0.4, -0.2) is 48.2 Å². The Labute approximate surface area is 299 Å². The van der Waals surface area contributed by atoms with Gasteiger partial charge in [-0.25, -0.2) is 11.2 Å². The second-order valence-corrected chi connectivity index (χ2v) is 17.4. The number of ether oxygens (including phenoxy) is 2. The minimum atomic E-state index is -1.43. The van der Waals surface area contributed by atoms with Crippen molar-refractivity contribution in [2.75, 3.05) is 19.8 Å². The Hall–Kier alpha value is -1.38. The summed E-state index contributed by atoms with van der Waals surface area (Å²) in [4.78, 5) is 3.44. The lowest BCUT2D eigenvalue weighted by atomic mass is 9.83. The van der Waals surface area contributed by atoms with Crippen molar-refractivity contribution in [1.82, 2.24) is 4.67 Å². The fourth-order valence-corrected chi connectivity index (χ4v) is 8.71. The summed E-state index contributed by atoms with van der Waals surface area (Å²) >= 11 is 0. The predicted molar refractivity (Wildman–Crippen MR) is 205 cm³/mol. The molecule has 7 heteroatoms. The molecule has 0 aliphatic carbocycles. The third-order valence-electron chi connectivity index (χ3n) is 10.1. The van der Waals surface area contributed by atoms with Gasteiger partial charge in [0.2, 0.25) is 6.54 Å². The lowest BCUT2D eigenvalue weighted by molar-refractivity contribution is 0.0510. The van der Waals surface area contributed by atoms with Crippen molar-refractivity contribution in [3.8, 4) is 11.5 Å². The molecule has 5 atom stereocenters. The van der Waals surface area contributed by atoms with Crippen LogP contribution in [0.15, 0.2) is 0 Å². The van der Waals surface area contributed by atoms with Gasteiger partial charge < -0.3 is 23.4 Å². The molecule has 1 aromatic carbocycles. The second-order valence-electron chi connectivity index (χ2n) is 16.0. The van der Waals surface area contributed by atoms with Gasteiger partial charge in [0.05, 0.1) is 6.10 Å². The molecule has 0 aromatic heterocycles. The average molecular weight is 690 g/mol. The maximum atomic E-state index is 8.26. The fourth-order valence-electron chi connectivity index (χ4n) is 7.10. The zero-order valence-electron chi connectivity index (χ0n) is 34.0. The van der Waals surface area contributed by atoms with E-state index < -0.39 is 14.6 Å². The third-order valence-corrected chi connectivity index (χ3v) is 12.3. The Morgan fingerprint density at radius 3 is 2.06 bits per heavy atom. The zero-order chi connectivity index (χ0) is 36.7. The third kappa shape index (κ3) is 13.7. The maximum absolute atomic E-state index is 8.26. The van der Waals surface area contributed by atoms with Gasteiger partial charge in [-0.1, -0.05) is 72.6 Å². The molecule has 276 valence electrons. The van der Waals surface area contributed by atoms with E-state index in [-0.39, 0.29) is 31.2 Å². The van der Waals surface area contributed by atoms with Gasteiger partial charge in [0, 0.05) is 19.0 Å². The van der Waals surface area contributed by atoms with Gasteiger partial charge in [0.15, 0.2) is 0 Å². The summed E-state index contributed by atoms with van der Waals surface area (Å²) in [5.41, 5.74) is 4.49. The number of rotatable bonds is 23. The monoisotopic (exact) mass is 690 g/mol. The molecule has 1 aliphatic rings. The Morgan fingerprint density at radius 2 is 1.50 bits per heavy atom. The molecule has 0 spiro atoms. The van der Waals surface area contributed by atoms with Crippen LogP contribution < -0.4 is 9.47 Å². The van der Waals surface area contributed by atoms with Crippen molar-refractivity contribution in [1.29, 1.82) is 0 Å². The van der Waals surface area contributed by atoms with E-state index in [0.717, 1.165) is 65.2 Å². The Morgan fingerprint density at radius 1 is 0.896 bits per heavy atom. The van der Waals surface area contributed by atoms with E-state index in [4.69, 9.17) is 26.5 Å². The second kappa shape index (κ2) is 21.1. The molecule has 1 heterocycles. The summed E-state index contributed by atoms with van der Waals surface area (Å²) in [6.45, 7) is 34.8. The molecule has 5 unspecified atom stereocenters. The van der Waals surface area contributed by atoms with Crippen molar-refractivity contribution in [2.45, 2.75) is 184 Å². The number of hydrogen-bond acceptors (Lipinski definition) is 5. The Bertz CT molecular complexity index is 1150. The highest BCUT2D eigenvalue weighted by Gasteiger charge is 2.35. The van der Waals surface area contributed by atoms with E-state index in [1.807, 2.05) is 0 Å². The van der Waals surface area contributed by atoms with Gasteiger partial charge in [-0.05, 0) is 122 Å². The molecule has 0 fully saturated rings. The molecule has 0 N–H and O–H groups in total. The molecule has 0 bridgehead atoms. The van der Waals surface area contributed by atoms with Gasteiger partial charge in [0.1, 0.15) is 30.3 Å². The number of nitrogens with zero attached hydrogens (tertiary/aromatic N) is 2. The van der Waals surface area contributed by atoms with E-state index in [0.29, 0.717) is 13.2 Å². The topological polar surface area (TPSA) is 44.5 Å². The largest absolute Gasteiger partial charge is 0.490 e. The van der Waals surface area contributed by atoms with Crippen molar-refractivity contribution in [2.24, 2.45) is 17.8 Å². The molecule has 0 amide bonds. The minimum absolute atomic E-state index is 0.0642. The summed E-state index contributed by atoms with van der Waals surface area (Å²) < 4.78 is 36.4. The van der Waals surface area contributed by atoms with Crippen LogP contribution in [0.1, 0.15) is 157 Å². The van der Waals surface area contributed by atoms with Gasteiger partial charge in [-0.3, -0.25) is 0 Å². The van der Waals surface area contributed by atoms with Crippen LogP contribution in [0.25, 0.3) is 4.85 Å². The van der Waals surface area contributed by atoms with Crippen molar-refractivity contribution >= 4 is 8.53 Å². The number of fused-ring (bicyclic) bond motifs is 1. The normalized spacial score (nSPS) is 19.2. The Balaban J connectivity index is 1.99. The van der Waals surface area contributed by atoms with E-state index in [1.165, 1.54) is 56.9 Å². The number of benzene rings is 1. The van der Waals surface area contributed by atoms with Crippen LogP contribution in [0.4, 0.5) is 0 Å². The highest BCUT2D eigenvalue weighted by molar-refractivity contribution is 7.44. The van der Waals surface area contributed by atoms with Crippen LogP contribution in [0.5, 0.6) is 11.5 Å². The number of hydrogen-bond donors (Lipinski definition) is 0. The highest BCUT2D eigenvalue weighted by atomic mass is 31.2. The molecule has 2 rings (SSSR count). The van der Waals surface area contributed by atoms with Crippen molar-refractivity contribution in [3.63, 3.8) is 0 Å². The standard InChI is InChI=1S/C41H73N2O4P/c1-29(2)18-15-19-32(7)20-16-21-33(8)22-17-24-41(13)25-23-38-37(12)39(35(10)36(11)40(38)46-41)44-28-34(9)47-48(45-27-26-42-14)43(30(3)4)31(5)6/h29-34H,15-28H2,1-13H3/i9D. The SMILES string of the molecule is [2H]CC(COc1c(C)c(C)c2c(c1C)CCC(C)(CCCC(C)CCCC(C)CCCC(C)C)O2)OP(OCC[N+]#[C-])N(C(C)C)C(C)C. The Kier molecular flexibility index (Phi) is 18.0. The van der Waals surface area contributed by atoms with E-state index in [9.17, 15) is 0 Å². The maximum Gasteiger partial charge on any atom is 0.259 e. The molecule has 6 nitrogen and oxygen atoms in total. The lowest BCUT2D eigenvalue weighted by Gasteiger charge is -2.39. The lowest BCUT2D eigenvalue weighted by Crippen LogP contribution is -2.37. The summed E-state index contributed by atoms with van der Waals surface area (Å²) in [5.74, 6) is 4.38. The van der Waals surface area contributed by atoms with Gasteiger partial charge >= 0.3 is 0 Å². The first-order chi connectivity index (χ1) is 23.1. The van der Waals surface area contributed by atoms with Gasteiger partial charge in [-0.15, -0.1) is 0 Å². The minimum Gasteiger partial charge on any atom is -0.490 e. The summed E-state index contributed by atoms with van der Waals surface area (Å²) in [7, 11) is -1.43. The van der Waals surface area contributed by atoms with Crippen LogP contribution in [0.2, 0.25) is 0 Å².